The van der Waals surface area contributed by atoms with E-state index in [0.29, 0.717) is 43.5 Å². The second-order valence-corrected chi connectivity index (χ2v) is 8.50. The Morgan fingerprint density at radius 3 is 2.61 bits per heavy atom. The van der Waals surface area contributed by atoms with Crippen LogP contribution in [-0.4, -0.2) is 77.7 Å². The highest BCUT2D eigenvalue weighted by atomic mass is 32.2. The predicted molar refractivity (Wildman–Crippen MR) is 103 cm³/mol. The summed E-state index contributed by atoms with van der Waals surface area (Å²) in [5.41, 5.74) is 0.504. The van der Waals surface area contributed by atoms with E-state index in [4.69, 9.17) is 4.74 Å². The number of guanidine groups is 1. The predicted octanol–water partition coefficient (Wildman–Crippen LogP) is 0.692. The molecule has 0 amide bonds. The fourth-order valence-electron chi connectivity index (χ4n) is 2.74. The van der Waals surface area contributed by atoms with E-state index >= 15 is 0 Å². The zero-order chi connectivity index (χ0) is 20.6. The molecule has 0 spiro atoms. The Kier molecular flexibility index (Phi) is 8.24. The van der Waals surface area contributed by atoms with Gasteiger partial charge >= 0.3 is 6.61 Å². The van der Waals surface area contributed by atoms with Crippen molar-refractivity contribution in [1.29, 1.82) is 0 Å². The van der Waals surface area contributed by atoms with Gasteiger partial charge < -0.3 is 20.1 Å². The Morgan fingerprint density at radius 1 is 1.29 bits per heavy atom. The van der Waals surface area contributed by atoms with Gasteiger partial charge in [-0.05, 0) is 18.2 Å². The summed E-state index contributed by atoms with van der Waals surface area (Å²) >= 11 is 0. The Labute approximate surface area is 163 Å². The molecule has 11 heteroatoms. The summed E-state index contributed by atoms with van der Waals surface area (Å²) in [4.78, 5) is 6.17. The van der Waals surface area contributed by atoms with Crippen molar-refractivity contribution in [3.8, 4) is 11.5 Å². The van der Waals surface area contributed by atoms with Crippen LogP contribution in [0.5, 0.6) is 11.5 Å². The topological polar surface area (TPSA) is 92.3 Å². The number of nitrogens with one attached hydrogen (secondary N) is 2. The number of methoxy groups -OCH3 is 1. The van der Waals surface area contributed by atoms with Crippen LogP contribution in [0, 0.1) is 0 Å². The average molecular weight is 420 g/mol. The second-order valence-electron chi connectivity index (χ2n) is 6.20. The molecule has 2 N–H and O–H groups in total. The van der Waals surface area contributed by atoms with Crippen molar-refractivity contribution in [2.24, 2.45) is 4.99 Å². The van der Waals surface area contributed by atoms with Gasteiger partial charge in [-0.3, -0.25) is 9.89 Å². The highest BCUT2D eigenvalue weighted by Gasteiger charge is 2.21. The number of sulfone groups is 1. The van der Waals surface area contributed by atoms with Gasteiger partial charge in [0.05, 0.1) is 18.6 Å². The van der Waals surface area contributed by atoms with Crippen LogP contribution in [0.25, 0.3) is 0 Å². The number of rotatable bonds is 8. The Balaban J connectivity index is 1.85. The first kappa shape index (κ1) is 22.2. The molecule has 1 fully saturated rings. The van der Waals surface area contributed by atoms with Crippen LogP contribution in [0.2, 0.25) is 0 Å². The lowest BCUT2D eigenvalue weighted by Crippen LogP contribution is -2.45. The van der Waals surface area contributed by atoms with Crippen molar-refractivity contribution in [3.05, 3.63) is 23.8 Å². The molecule has 1 heterocycles. The molecule has 1 aromatic rings. The Hall–Kier alpha value is -2.14. The van der Waals surface area contributed by atoms with Crippen LogP contribution in [0.3, 0.4) is 0 Å². The molecular weight excluding hydrogens is 394 g/mol. The first-order chi connectivity index (χ1) is 13.3. The van der Waals surface area contributed by atoms with Gasteiger partial charge in [0, 0.05) is 45.3 Å². The number of alkyl halides is 2. The molecule has 0 bridgehead atoms. The lowest BCUT2D eigenvalue weighted by atomic mass is 10.2. The molecule has 0 saturated carbocycles. The third kappa shape index (κ3) is 7.12. The minimum atomic E-state index is -2.92. The van der Waals surface area contributed by atoms with Crippen molar-refractivity contribution in [1.82, 2.24) is 15.5 Å². The Bertz CT molecular complexity index is 760. The Morgan fingerprint density at radius 2 is 2.00 bits per heavy atom. The lowest BCUT2D eigenvalue weighted by molar-refractivity contribution is -0.0505. The third-order valence-electron chi connectivity index (χ3n) is 4.31. The minimum Gasteiger partial charge on any atom is -0.497 e. The number of aliphatic imine (C=N–C) groups is 1. The quantitative estimate of drug-likeness (QED) is 0.472. The van der Waals surface area contributed by atoms with Crippen LogP contribution in [0.15, 0.2) is 23.2 Å². The van der Waals surface area contributed by atoms with E-state index in [1.165, 1.54) is 13.2 Å². The molecule has 28 heavy (non-hydrogen) atoms. The molecule has 0 aromatic heterocycles. The molecule has 0 atom stereocenters. The van der Waals surface area contributed by atoms with Crippen molar-refractivity contribution >= 4 is 15.8 Å². The second kappa shape index (κ2) is 10.4. The number of ether oxygens (including phenoxy) is 2. The fourth-order valence-corrected chi connectivity index (χ4v) is 4.01. The normalized spacial score (nSPS) is 17.4. The van der Waals surface area contributed by atoms with E-state index in [1.807, 2.05) is 0 Å². The van der Waals surface area contributed by atoms with E-state index in [2.05, 4.69) is 25.3 Å². The molecule has 8 nitrogen and oxygen atoms in total. The summed E-state index contributed by atoms with van der Waals surface area (Å²) in [6, 6.07) is 4.60. The zero-order valence-corrected chi connectivity index (χ0v) is 16.8. The summed E-state index contributed by atoms with van der Waals surface area (Å²) in [5.74, 6) is 1.45. The van der Waals surface area contributed by atoms with E-state index in [9.17, 15) is 17.2 Å². The highest BCUT2D eigenvalue weighted by molar-refractivity contribution is 7.91. The van der Waals surface area contributed by atoms with Crippen LogP contribution >= 0.6 is 0 Å². The smallest absolute Gasteiger partial charge is 0.387 e. The van der Waals surface area contributed by atoms with E-state index < -0.39 is 16.4 Å². The highest BCUT2D eigenvalue weighted by Crippen LogP contribution is 2.25. The van der Waals surface area contributed by atoms with Gasteiger partial charge in [-0.2, -0.15) is 8.78 Å². The first-order valence-electron chi connectivity index (χ1n) is 8.82. The van der Waals surface area contributed by atoms with Crippen molar-refractivity contribution in [3.63, 3.8) is 0 Å². The number of nitrogens with zero attached hydrogens (tertiary/aromatic N) is 2. The van der Waals surface area contributed by atoms with Gasteiger partial charge in [0.15, 0.2) is 15.8 Å². The van der Waals surface area contributed by atoms with Crippen LogP contribution in [0.1, 0.15) is 5.56 Å². The standard InChI is InChI=1S/C17H26F2N4O4S/c1-20-17(21-5-6-23-7-9-28(24,25)10-8-23)22-12-13-11-14(26-2)3-4-15(13)27-16(18)19/h3-4,11,16H,5-10,12H2,1-2H3,(H2,20,21,22). The SMILES string of the molecule is CN=C(NCCN1CCS(=O)(=O)CC1)NCc1cc(OC)ccc1OC(F)F. The minimum absolute atomic E-state index is 0.0632. The largest absolute Gasteiger partial charge is 0.497 e. The first-order valence-corrected chi connectivity index (χ1v) is 10.6. The molecule has 2 rings (SSSR count). The third-order valence-corrected chi connectivity index (χ3v) is 5.92. The lowest BCUT2D eigenvalue weighted by Gasteiger charge is -2.26. The van der Waals surface area contributed by atoms with Crippen molar-refractivity contribution in [2.45, 2.75) is 13.2 Å². The number of benzene rings is 1. The fraction of sp³-hybridized carbons (Fsp3) is 0.588. The van der Waals surface area contributed by atoms with Crippen molar-refractivity contribution in [2.75, 3.05) is 51.8 Å². The van der Waals surface area contributed by atoms with Gasteiger partial charge in [-0.15, -0.1) is 0 Å². The monoisotopic (exact) mass is 420 g/mol. The molecular formula is C17H26F2N4O4S. The molecule has 158 valence electrons. The van der Waals surface area contributed by atoms with Crippen LogP contribution < -0.4 is 20.1 Å². The van der Waals surface area contributed by atoms with E-state index in [1.54, 1.807) is 19.2 Å². The van der Waals surface area contributed by atoms with Gasteiger partial charge in [0.25, 0.3) is 0 Å². The maximum atomic E-state index is 12.6. The molecule has 1 saturated heterocycles. The van der Waals surface area contributed by atoms with Gasteiger partial charge in [0.1, 0.15) is 11.5 Å². The number of hydrogen-bond donors (Lipinski definition) is 2. The molecule has 1 aliphatic heterocycles. The van der Waals surface area contributed by atoms with Gasteiger partial charge in [-0.1, -0.05) is 0 Å². The van der Waals surface area contributed by atoms with E-state index in [-0.39, 0.29) is 23.8 Å². The summed E-state index contributed by atoms with van der Waals surface area (Å²) in [5, 5.41) is 6.17. The molecule has 0 unspecified atom stereocenters. The summed E-state index contributed by atoms with van der Waals surface area (Å²) < 4.78 is 57.7. The van der Waals surface area contributed by atoms with Crippen LogP contribution in [-0.2, 0) is 16.4 Å². The molecule has 0 radical (unpaired) electrons. The zero-order valence-electron chi connectivity index (χ0n) is 16.0. The summed E-state index contributed by atoms with van der Waals surface area (Å²) in [6.07, 6.45) is 0. The summed E-state index contributed by atoms with van der Waals surface area (Å²) in [7, 11) is 0.202. The number of halogens is 2. The van der Waals surface area contributed by atoms with Crippen molar-refractivity contribution < 1.29 is 26.7 Å². The van der Waals surface area contributed by atoms with Gasteiger partial charge in [0.2, 0.25) is 0 Å². The summed E-state index contributed by atoms with van der Waals surface area (Å²) in [6.45, 7) is -0.422. The maximum Gasteiger partial charge on any atom is 0.387 e. The average Bonchev–Trinajstić information content (AvgIpc) is 2.66. The number of hydrogen-bond acceptors (Lipinski definition) is 6. The molecule has 0 aliphatic carbocycles. The molecule has 1 aliphatic rings. The maximum absolute atomic E-state index is 12.6. The van der Waals surface area contributed by atoms with Crippen LogP contribution in [0.4, 0.5) is 8.78 Å². The molecule has 1 aromatic carbocycles. The van der Waals surface area contributed by atoms with Gasteiger partial charge in [-0.25, -0.2) is 8.42 Å². The van der Waals surface area contributed by atoms with E-state index in [0.717, 1.165) is 0 Å².